The molecule has 0 fully saturated rings. The van der Waals surface area contributed by atoms with E-state index in [2.05, 4.69) is 13.8 Å². The maximum Gasteiger partial charge on any atom is 0.267 e. The summed E-state index contributed by atoms with van der Waals surface area (Å²) in [6.07, 6.45) is 0.875. The molecule has 1 atom stereocenters. The van der Waals surface area contributed by atoms with E-state index in [-0.39, 0.29) is 11.7 Å². The van der Waals surface area contributed by atoms with Crippen molar-refractivity contribution in [2.24, 2.45) is 5.92 Å². The molecule has 0 aliphatic carbocycles. The van der Waals surface area contributed by atoms with Gasteiger partial charge in [-0.3, -0.25) is 9.36 Å². The molecule has 0 saturated heterocycles. The SMILES string of the molecule is Cc1cccc(-n2c(SCc3ccccc3Cl)nc3sc4c(c3c2=O)CC(C(C)C)OC4)c1. The maximum absolute atomic E-state index is 14.0. The molecule has 0 spiro atoms. The monoisotopic (exact) mass is 496 g/mol. The van der Waals surface area contributed by atoms with Gasteiger partial charge in [-0.25, -0.2) is 4.98 Å². The molecule has 1 aliphatic rings. The van der Waals surface area contributed by atoms with E-state index in [1.165, 1.54) is 11.8 Å². The first-order valence-electron chi connectivity index (χ1n) is 11.0. The van der Waals surface area contributed by atoms with Gasteiger partial charge in [-0.05, 0) is 47.7 Å². The van der Waals surface area contributed by atoms with E-state index in [1.807, 2.05) is 55.5 Å². The van der Waals surface area contributed by atoms with Crippen LogP contribution in [0.4, 0.5) is 0 Å². The zero-order chi connectivity index (χ0) is 23.1. The standard InChI is InChI=1S/C26H25ClN2O2S2/c1-15(2)21-12-19-22(13-31-21)33-24-23(19)25(30)29(18-9-6-7-16(3)11-18)26(28-24)32-14-17-8-4-5-10-20(17)27/h4-11,15,21H,12-14H2,1-3H3. The highest BCUT2D eigenvalue weighted by molar-refractivity contribution is 7.98. The highest BCUT2D eigenvalue weighted by Gasteiger charge is 2.28. The Labute approximate surface area is 206 Å². The molecule has 3 heterocycles. The van der Waals surface area contributed by atoms with Gasteiger partial charge in [0.15, 0.2) is 5.16 Å². The van der Waals surface area contributed by atoms with Crippen LogP contribution in [0.2, 0.25) is 5.02 Å². The summed E-state index contributed by atoms with van der Waals surface area (Å²) in [7, 11) is 0. The van der Waals surface area contributed by atoms with Gasteiger partial charge in [0.1, 0.15) is 4.83 Å². The molecular weight excluding hydrogens is 472 g/mol. The molecule has 170 valence electrons. The number of aromatic nitrogens is 2. The molecule has 0 radical (unpaired) electrons. The lowest BCUT2D eigenvalue weighted by molar-refractivity contribution is 0.00200. The zero-order valence-electron chi connectivity index (χ0n) is 18.8. The Hall–Kier alpha value is -2.12. The first kappa shape index (κ1) is 22.7. The van der Waals surface area contributed by atoms with E-state index in [1.54, 1.807) is 15.9 Å². The molecule has 1 aliphatic heterocycles. The lowest BCUT2D eigenvalue weighted by atomic mass is 9.96. The third kappa shape index (κ3) is 4.37. The number of rotatable bonds is 5. The summed E-state index contributed by atoms with van der Waals surface area (Å²) in [5.41, 5.74) is 4.06. The maximum atomic E-state index is 14.0. The average molecular weight is 497 g/mol. The van der Waals surface area contributed by atoms with Gasteiger partial charge in [-0.15, -0.1) is 11.3 Å². The fourth-order valence-electron chi connectivity index (χ4n) is 4.19. The van der Waals surface area contributed by atoms with Gasteiger partial charge in [-0.2, -0.15) is 0 Å². The van der Waals surface area contributed by atoms with Crippen LogP contribution in [0.1, 0.15) is 35.4 Å². The van der Waals surface area contributed by atoms with E-state index in [0.29, 0.717) is 23.4 Å². The summed E-state index contributed by atoms with van der Waals surface area (Å²) < 4.78 is 7.84. The zero-order valence-corrected chi connectivity index (χ0v) is 21.2. The molecule has 0 amide bonds. The number of thiophene rings is 1. The van der Waals surface area contributed by atoms with Crippen molar-refractivity contribution in [2.75, 3.05) is 0 Å². The molecule has 4 aromatic rings. The second kappa shape index (κ2) is 9.26. The number of fused-ring (bicyclic) bond motifs is 3. The average Bonchev–Trinajstić information content (AvgIpc) is 3.16. The second-order valence-electron chi connectivity index (χ2n) is 8.74. The molecule has 1 unspecified atom stereocenters. The number of thioether (sulfide) groups is 1. The van der Waals surface area contributed by atoms with E-state index in [9.17, 15) is 4.79 Å². The van der Waals surface area contributed by atoms with Crippen LogP contribution < -0.4 is 5.56 Å². The minimum absolute atomic E-state index is 0.00540. The van der Waals surface area contributed by atoms with Crippen molar-refractivity contribution >= 4 is 44.9 Å². The number of benzene rings is 2. The van der Waals surface area contributed by atoms with Crippen LogP contribution in [-0.2, 0) is 23.5 Å². The number of hydrogen-bond donors (Lipinski definition) is 0. The molecule has 0 saturated carbocycles. The minimum Gasteiger partial charge on any atom is -0.372 e. The highest BCUT2D eigenvalue weighted by atomic mass is 35.5. The second-order valence-corrected chi connectivity index (χ2v) is 11.2. The van der Waals surface area contributed by atoms with Crippen molar-refractivity contribution in [1.29, 1.82) is 0 Å². The summed E-state index contributed by atoms with van der Waals surface area (Å²) in [4.78, 5) is 20.9. The number of ether oxygens (including phenoxy) is 1. The molecule has 0 bridgehead atoms. The van der Waals surface area contributed by atoms with Gasteiger partial charge < -0.3 is 4.74 Å². The predicted octanol–water partition coefficient (Wildman–Crippen LogP) is 6.80. The summed E-state index contributed by atoms with van der Waals surface area (Å²) >= 11 is 9.51. The van der Waals surface area contributed by atoms with E-state index in [0.717, 1.165) is 48.9 Å². The quantitative estimate of drug-likeness (QED) is 0.225. The van der Waals surface area contributed by atoms with E-state index >= 15 is 0 Å². The number of aryl methyl sites for hydroxylation is 1. The first-order chi connectivity index (χ1) is 15.9. The van der Waals surface area contributed by atoms with Gasteiger partial charge >= 0.3 is 0 Å². The highest BCUT2D eigenvalue weighted by Crippen LogP contribution is 2.37. The lowest BCUT2D eigenvalue weighted by Gasteiger charge is -2.26. The first-order valence-corrected chi connectivity index (χ1v) is 13.2. The largest absolute Gasteiger partial charge is 0.372 e. The van der Waals surface area contributed by atoms with Crippen LogP contribution in [-0.4, -0.2) is 15.7 Å². The Bertz CT molecular complexity index is 1390. The van der Waals surface area contributed by atoms with Crippen LogP contribution >= 0.6 is 34.7 Å². The number of halogens is 1. The van der Waals surface area contributed by atoms with E-state index < -0.39 is 0 Å². The summed E-state index contributed by atoms with van der Waals surface area (Å²) in [6, 6.07) is 15.8. The van der Waals surface area contributed by atoms with Crippen molar-refractivity contribution in [3.05, 3.63) is 85.5 Å². The van der Waals surface area contributed by atoms with Gasteiger partial charge in [0.2, 0.25) is 0 Å². The Balaban J connectivity index is 1.67. The summed E-state index contributed by atoms with van der Waals surface area (Å²) in [5.74, 6) is 1.03. The van der Waals surface area contributed by atoms with Crippen molar-refractivity contribution in [3.63, 3.8) is 0 Å². The van der Waals surface area contributed by atoms with Gasteiger partial charge in [0.25, 0.3) is 5.56 Å². The molecule has 2 aromatic carbocycles. The van der Waals surface area contributed by atoms with Crippen LogP contribution in [0.5, 0.6) is 0 Å². The predicted molar refractivity (Wildman–Crippen MR) is 138 cm³/mol. The molecule has 2 aromatic heterocycles. The molecule has 33 heavy (non-hydrogen) atoms. The third-order valence-electron chi connectivity index (χ3n) is 6.03. The third-order valence-corrected chi connectivity index (χ3v) is 8.48. The molecular formula is C26H25ClN2O2S2. The van der Waals surface area contributed by atoms with Crippen LogP contribution in [0.3, 0.4) is 0 Å². The molecule has 4 nitrogen and oxygen atoms in total. The van der Waals surface area contributed by atoms with Crippen LogP contribution in [0, 0.1) is 12.8 Å². The summed E-state index contributed by atoms with van der Waals surface area (Å²) in [5, 5.41) is 2.14. The minimum atomic E-state index is -0.00540. The smallest absolute Gasteiger partial charge is 0.267 e. The normalized spacial score (nSPS) is 15.8. The Morgan fingerprint density at radius 3 is 2.82 bits per heavy atom. The molecule has 7 heteroatoms. The van der Waals surface area contributed by atoms with Gasteiger partial charge in [0.05, 0.1) is 23.8 Å². The Morgan fingerprint density at radius 2 is 2.06 bits per heavy atom. The lowest BCUT2D eigenvalue weighted by Crippen LogP contribution is -2.28. The van der Waals surface area contributed by atoms with Crippen molar-refractivity contribution in [2.45, 2.75) is 50.8 Å². The van der Waals surface area contributed by atoms with Gasteiger partial charge in [0, 0.05) is 22.1 Å². The number of nitrogens with zero attached hydrogens (tertiary/aromatic N) is 2. The number of hydrogen-bond acceptors (Lipinski definition) is 5. The van der Waals surface area contributed by atoms with Crippen LogP contribution in [0.25, 0.3) is 15.9 Å². The fourth-order valence-corrected chi connectivity index (χ4v) is 6.65. The van der Waals surface area contributed by atoms with Crippen molar-refractivity contribution in [3.8, 4) is 5.69 Å². The van der Waals surface area contributed by atoms with E-state index in [4.69, 9.17) is 21.3 Å². The topological polar surface area (TPSA) is 44.1 Å². The van der Waals surface area contributed by atoms with Crippen molar-refractivity contribution < 1.29 is 4.74 Å². The molecule has 5 rings (SSSR count). The van der Waals surface area contributed by atoms with Gasteiger partial charge in [-0.1, -0.05) is 67.5 Å². The molecule has 0 N–H and O–H groups in total. The van der Waals surface area contributed by atoms with Crippen LogP contribution in [0.15, 0.2) is 58.5 Å². The fraction of sp³-hybridized carbons (Fsp3) is 0.308. The van der Waals surface area contributed by atoms with Crippen molar-refractivity contribution in [1.82, 2.24) is 9.55 Å². The Morgan fingerprint density at radius 1 is 1.24 bits per heavy atom. The Kier molecular flexibility index (Phi) is 6.36. The summed E-state index contributed by atoms with van der Waals surface area (Å²) in [6.45, 7) is 6.91.